The van der Waals surface area contributed by atoms with E-state index in [1.54, 1.807) is 0 Å². The third-order valence-electron chi connectivity index (χ3n) is 3.57. The molecule has 14 heavy (non-hydrogen) atoms. The van der Waals surface area contributed by atoms with Crippen molar-refractivity contribution in [2.24, 2.45) is 23.2 Å². The van der Waals surface area contributed by atoms with Crippen LogP contribution in [0.5, 0.6) is 0 Å². The Morgan fingerprint density at radius 3 is 1.79 bits per heavy atom. The summed E-state index contributed by atoms with van der Waals surface area (Å²) >= 11 is 0. The lowest BCUT2D eigenvalue weighted by atomic mass is 9.64. The Morgan fingerprint density at radius 1 is 1.14 bits per heavy atom. The monoisotopic (exact) mass is 197 g/mol. The zero-order valence-corrected chi connectivity index (χ0v) is 10.2. The highest BCUT2D eigenvalue weighted by atomic mass is 16.2. The zero-order valence-electron chi connectivity index (χ0n) is 10.2. The van der Waals surface area contributed by atoms with Gasteiger partial charge in [0.05, 0.1) is 5.41 Å². The van der Waals surface area contributed by atoms with Crippen LogP contribution in [0.2, 0.25) is 0 Å². The Balaban J connectivity index is 2.78. The van der Waals surface area contributed by atoms with Crippen LogP contribution in [0.3, 0.4) is 0 Å². The Kier molecular flexibility index (Phi) is 2.93. The van der Waals surface area contributed by atoms with E-state index in [-0.39, 0.29) is 11.3 Å². The van der Waals surface area contributed by atoms with Crippen molar-refractivity contribution in [1.29, 1.82) is 0 Å². The van der Waals surface area contributed by atoms with Crippen molar-refractivity contribution in [1.82, 2.24) is 5.32 Å². The van der Waals surface area contributed by atoms with E-state index in [9.17, 15) is 4.79 Å². The average Bonchev–Trinajstić information content (AvgIpc) is 2.02. The first-order chi connectivity index (χ1) is 6.28. The maximum Gasteiger partial charge on any atom is 0.228 e. The van der Waals surface area contributed by atoms with Gasteiger partial charge in [-0.15, -0.1) is 0 Å². The smallest absolute Gasteiger partial charge is 0.228 e. The first kappa shape index (κ1) is 11.5. The molecule has 1 fully saturated rings. The van der Waals surface area contributed by atoms with Crippen LogP contribution in [0.1, 0.15) is 41.5 Å². The van der Waals surface area contributed by atoms with Gasteiger partial charge in [0, 0.05) is 6.04 Å². The van der Waals surface area contributed by atoms with E-state index in [2.05, 4.69) is 33.0 Å². The standard InChI is InChI=1S/C12H23NO/c1-7(2)9(8(3)4)10-12(5,6)11(14)13-10/h7-10H,1-6H3,(H,13,14). The quantitative estimate of drug-likeness (QED) is 0.692. The Hall–Kier alpha value is -0.530. The lowest BCUT2D eigenvalue weighted by Crippen LogP contribution is -2.68. The van der Waals surface area contributed by atoms with Gasteiger partial charge >= 0.3 is 0 Å². The number of hydrogen-bond donors (Lipinski definition) is 1. The molecule has 0 aromatic heterocycles. The van der Waals surface area contributed by atoms with E-state index in [0.717, 1.165) is 0 Å². The number of hydrogen-bond acceptors (Lipinski definition) is 1. The molecule has 0 saturated carbocycles. The third kappa shape index (κ3) is 1.67. The van der Waals surface area contributed by atoms with Gasteiger partial charge in [-0.2, -0.15) is 0 Å². The fourth-order valence-electron chi connectivity index (χ4n) is 2.69. The highest BCUT2D eigenvalue weighted by Crippen LogP contribution is 2.40. The van der Waals surface area contributed by atoms with Gasteiger partial charge in [-0.25, -0.2) is 0 Å². The van der Waals surface area contributed by atoms with E-state index in [0.29, 0.717) is 23.8 Å². The minimum Gasteiger partial charge on any atom is -0.351 e. The molecule has 1 unspecified atom stereocenters. The van der Waals surface area contributed by atoms with Crippen LogP contribution in [0.25, 0.3) is 0 Å². The maximum atomic E-state index is 11.4. The van der Waals surface area contributed by atoms with Crippen molar-refractivity contribution in [2.75, 3.05) is 0 Å². The molecule has 0 radical (unpaired) electrons. The molecule has 0 aromatic rings. The zero-order chi connectivity index (χ0) is 11.1. The molecule has 0 spiro atoms. The molecular formula is C12H23NO. The van der Waals surface area contributed by atoms with Gasteiger partial charge < -0.3 is 5.32 Å². The highest BCUT2D eigenvalue weighted by Gasteiger charge is 2.51. The summed E-state index contributed by atoms with van der Waals surface area (Å²) < 4.78 is 0. The van der Waals surface area contributed by atoms with Crippen LogP contribution in [0.15, 0.2) is 0 Å². The largest absolute Gasteiger partial charge is 0.351 e. The number of amides is 1. The van der Waals surface area contributed by atoms with E-state index >= 15 is 0 Å². The summed E-state index contributed by atoms with van der Waals surface area (Å²) in [5.74, 6) is 2.04. The molecule has 1 rings (SSSR count). The first-order valence-electron chi connectivity index (χ1n) is 5.59. The summed E-state index contributed by atoms with van der Waals surface area (Å²) in [6.45, 7) is 13.1. The van der Waals surface area contributed by atoms with E-state index < -0.39 is 0 Å². The molecule has 1 aliphatic rings. The number of carbonyl (C=O) groups is 1. The van der Waals surface area contributed by atoms with Crippen molar-refractivity contribution >= 4 is 5.91 Å². The van der Waals surface area contributed by atoms with Crippen molar-refractivity contribution in [3.05, 3.63) is 0 Å². The highest BCUT2D eigenvalue weighted by molar-refractivity contribution is 5.89. The molecule has 2 heteroatoms. The molecule has 1 aliphatic heterocycles. The molecule has 2 nitrogen and oxygen atoms in total. The van der Waals surface area contributed by atoms with Crippen LogP contribution in [-0.4, -0.2) is 11.9 Å². The fraction of sp³-hybridized carbons (Fsp3) is 0.917. The summed E-state index contributed by atoms with van der Waals surface area (Å²) in [6.07, 6.45) is 0. The number of β-lactam (4-membered cyclic amide) rings is 1. The van der Waals surface area contributed by atoms with Crippen molar-refractivity contribution in [3.63, 3.8) is 0 Å². The number of nitrogens with one attached hydrogen (secondary N) is 1. The summed E-state index contributed by atoms with van der Waals surface area (Å²) in [4.78, 5) is 11.4. The second-order valence-electron chi connectivity index (χ2n) is 5.74. The van der Waals surface area contributed by atoms with E-state index in [4.69, 9.17) is 0 Å². The summed E-state index contributed by atoms with van der Waals surface area (Å²) in [5, 5.41) is 3.06. The minimum absolute atomic E-state index is 0.167. The summed E-state index contributed by atoms with van der Waals surface area (Å²) in [6, 6.07) is 0.356. The molecular weight excluding hydrogens is 174 g/mol. The maximum absolute atomic E-state index is 11.4. The molecule has 0 bridgehead atoms. The molecule has 82 valence electrons. The molecule has 0 aromatic carbocycles. The summed E-state index contributed by atoms with van der Waals surface area (Å²) in [5.41, 5.74) is -0.167. The Bertz CT molecular complexity index is 222. The van der Waals surface area contributed by atoms with Gasteiger partial charge in [0.1, 0.15) is 0 Å². The Labute approximate surface area is 87.5 Å². The van der Waals surface area contributed by atoms with E-state index in [1.807, 2.05) is 13.8 Å². The fourth-order valence-corrected chi connectivity index (χ4v) is 2.69. The topological polar surface area (TPSA) is 29.1 Å². The average molecular weight is 197 g/mol. The minimum atomic E-state index is -0.167. The molecule has 1 atom stereocenters. The number of rotatable bonds is 3. The first-order valence-corrected chi connectivity index (χ1v) is 5.59. The van der Waals surface area contributed by atoms with Crippen LogP contribution < -0.4 is 5.32 Å². The predicted octanol–water partition coefficient (Wildman–Crippen LogP) is 2.44. The lowest BCUT2D eigenvalue weighted by Gasteiger charge is -2.50. The van der Waals surface area contributed by atoms with Crippen LogP contribution in [0, 0.1) is 23.2 Å². The van der Waals surface area contributed by atoms with Gasteiger partial charge in [0.25, 0.3) is 0 Å². The van der Waals surface area contributed by atoms with Crippen molar-refractivity contribution < 1.29 is 4.79 Å². The molecule has 1 heterocycles. The predicted molar refractivity (Wildman–Crippen MR) is 58.9 cm³/mol. The molecule has 0 aliphatic carbocycles. The van der Waals surface area contributed by atoms with Crippen LogP contribution in [0.4, 0.5) is 0 Å². The van der Waals surface area contributed by atoms with Gasteiger partial charge in [-0.3, -0.25) is 4.79 Å². The lowest BCUT2D eigenvalue weighted by molar-refractivity contribution is -0.147. The van der Waals surface area contributed by atoms with Crippen molar-refractivity contribution in [3.8, 4) is 0 Å². The Morgan fingerprint density at radius 2 is 1.57 bits per heavy atom. The molecule has 1 saturated heterocycles. The van der Waals surface area contributed by atoms with Crippen molar-refractivity contribution in [2.45, 2.75) is 47.6 Å². The van der Waals surface area contributed by atoms with Crippen LogP contribution in [-0.2, 0) is 4.79 Å². The van der Waals surface area contributed by atoms with Gasteiger partial charge in [0.2, 0.25) is 5.91 Å². The number of carbonyl (C=O) groups excluding carboxylic acids is 1. The third-order valence-corrected chi connectivity index (χ3v) is 3.57. The van der Waals surface area contributed by atoms with E-state index in [1.165, 1.54) is 0 Å². The second kappa shape index (κ2) is 3.56. The summed E-state index contributed by atoms with van der Waals surface area (Å²) in [7, 11) is 0. The van der Waals surface area contributed by atoms with Gasteiger partial charge in [-0.1, -0.05) is 27.7 Å². The SMILES string of the molecule is CC(C)C(C(C)C)C1NC(=O)C1(C)C. The van der Waals surface area contributed by atoms with Crippen LogP contribution >= 0.6 is 0 Å². The molecule has 1 N–H and O–H groups in total. The normalized spacial score (nSPS) is 25.5. The van der Waals surface area contributed by atoms with Gasteiger partial charge in [0.15, 0.2) is 0 Å². The molecule has 1 amide bonds. The second-order valence-corrected chi connectivity index (χ2v) is 5.74. The van der Waals surface area contributed by atoms with Gasteiger partial charge in [-0.05, 0) is 31.6 Å².